The van der Waals surface area contributed by atoms with Gasteiger partial charge in [0.15, 0.2) is 9.84 Å². The molecule has 1 aliphatic rings. The van der Waals surface area contributed by atoms with E-state index in [-0.39, 0.29) is 28.9 Å². The zero-order valence-corrected chi connectivity index (χ0v) is 15.9. The molecule has 0 radical (unpaired) electrons. The minimum absolute atomic E-state index is 0.0320. The second-order valence-corrected chi connectivity index (χ2v) is 11.0. The molecule has 2 heterocycles. The lowest BCUT2D eigenvalue weighted by Crippen LogP contribution is -2.43. The topological polar surface area (TPSA) is 97.3 Å². The first-order valence-corrected chi connectivity index (χ1v) is 11.6. The molecule has 0 amide bonds. The molecule has 0 aliphatic carbocycles. The Morgan fingerprint density at radius 2 is 2.08 bits per heavy atom. The third-order valence-corrected chi connectivity index (χ3v) is 8.24. The average molecular weight is 390 g/mol. The smallest absolute Gasteiger partial charge is 0.229 e. The normalized spacial score (nSPS) is 21.1. The second-order valence-electron chi connectivity index (χ2n) is 6.41. The zero-order valence-electron chi connectivity index (χ0n) is 13.4. The lowest BCUT2D eigenvalue weighted by molar-refractivity contribution is 0.308. The Balaban J connectivity index is 2.07. The number of sulfonamides is 1. The number of hydrogen-bond donors (Lipinski definition) is 0. The van der Waals surface area contributed by atoms with E-state index in [2.05, 4.69) is 8.75 Å². The van der Waals surface area contributed by atoms with Crippen molar-refractivity contribution in [3.05, 3.63) is 18.2 Å². The van der Waals surface area contributed by atoms with Gasteiger partial charge in [0.05, 0.1) is 23.2 Å². The first-order chi connectivity index (χ1) is 11.2. The predicted octanol–water partition coefficient (Wildman–Crippen LogP) is 1.53. The van der Waals surface area contributed by atoms with E-state index in [1.54, 1.807) is 12.1 Å². The van der Waals surface area contributed by atoms with Gasteiger partial charge in [-0.2, -0.15) is 13.1 Å². The van der Waals surface area contributed by atoms with Gasteiger partial charge >= 0.3 is 0 Å². The van der Waals surface area contributed by atoms with Crippen LogP contribution in [-0.2, 0) is 19.9 Å². The monoisotopic (exact) mass is 389 g/mol. The fraction of sp³-hybridized carbons (Fsp3) is 0.571. The fourth-order valence-electron chi connectivity index (χ4n) is 2.92. The summed E-state index contributed by atoms with van der Waals surface area (Å²) in [4.78, 5) is 0.0960. The third kappa shape index (κ3) is 3.32. The van der Waals surface area contributed by atoms with E-state index in [1.807, 2.05) is 13.8 Å². The maximum absolute atomic E-state index is 13.2. The van der Waals surface area contributed by atoms with Gasteiger partial charge in [-0.25, -0.2) is 16.8 Å². The molecule has 1 aliphatic heterocycles. The number of sulfone groups is 1. The van der Waals surface area contributed by atoms with Crippen LogP contribution in [-0.4, -0.2) is 54.0 Å². The molecular weight excluding hydrogens is 370 g/mol. The maximum atomic E-state index is 13.2. The Bertz CT molecular complexity index is 951. The molecule has 132 valence electrons. The van der Waals surface area contributed by atoms with Crippen LogP contribution in [0.5, 0.6) is 0 Å². The molecule has 1 atom stereocenters. The van der Waals surface area contributed by atoms with Gasteiger partial charge in [0.1, 0.15) is 15.9 Å². The number of aromatic nitrogens is 2. The summed E-state index contributed by atoms with van der Waals surface area (Å²) in [6, 6.07) is 4.33. The molecule has 24 heavy (non-hydrogen) atoms. The number of hydrogen-bond acceptors (Lipinski definition) is 7. The Hall–Kier alpha value is -1.10. The minimum Gasteiger partial charge on any atom is -0.229 e. The summed E-state index contributed by atoms with van der Waals surface area (Å²) in [5.74, 6) is -0.00933. The van der Waals surface area contributed by atoms with Crippen molar-refractivity contribution >= 4 is 42.6 Å². The van der Waals surface area contributed by atoms with E-state index in [4.69, 9.17) is 0 Å². The number of fused-ring (bicyclic) bond motifs is 1. The third-order valence-electron chi connectivity index (χ3n) is 4.00. The highest BCUT2D eigenvalue weighted by Gasteiger charge is 2.39. The number of benzene rings is 1. The molecule has 0 spiro atoms. The summed E-state index contributed by atoms with van der Waals surface area (Å²) in [7, 11) is -7.04. The molecule has 10 heteroatoms. The van der Waals surface area contributed by atoms with Crippen LogP contribution in [0.4, 0.5) is 0 Å². The summed E-state index contributed by atoms with van der Waals surface area (Å²) >= 11 is 0.962. The van der Waals surface area contributed by atoms with Crippen LogP contribution >= 0.6 is 11.7 Å². The first-order valence-electron chi connectivity index (χ1n) is 7.64. The molecule has 7 nitrogen and oxygen atoms in total. The average Bonchev–Trinajstić information content (AvgIpc) is 3.09. The van der Waals surface area contributed by atoms with Crippen LogP contribution in [0.15, 0.2) is 23.1 Å². The van der Waals surface area contributed by atoms with Gasteiger partial charge in [-0.15, -0.1) is 0 Å². The summed E-state index contributed by atoms with van der Waals surface area (Å²) in [5.41, 5.74) is 0.877. The molecule has 0 unspecified atom stereocenters. The molecule has 0 bridgehead atoms. The van der Waals surface area contributed by atoms with Crippen LogP contribution in [0.1, 0.15) is 20.3 Å². The second kappa shape index (κ2) is 6.32. The van der Waals surface area contributed by atoms with E-state index in [0.717, 1.165) is 11.7 Å². The maximum Gasteiger partial charge on any atom is 0.245 e. The molecular formula is C14H19N3O4S3. The van der Waals surface area contributed by atoms with Gasteiger partial charge in [-0.1, -0.05) is 19.9 Å². The minimum atomic E-state index is -3.85. The summed E-state index contributed by atoms with van der Waals surface area (Å²) < 4.78 is 59.7. The van der Waals surface area contributed by atoms with Gasteiger partial charge in [0.2, 0.25) is 10.0 Å². The Morgan fingerprint density at radius 3 is 2.71 bits per heavy atom. The summed E-state index contributed by atoms with van der Waals surface area (Å²) in [6.07, 6.45) is 0.333. The van der Waals surface area contributed by atoms with Crippen LogP contribution in [0.25, 0.3) is 11.0 Å². The van der Waals surface area contributed by atoms with Gasteiger partial charge in [0.25, 0.3) is 0 Å². The van der Waals surface area contributed by atoms with E-state index in [1.165, 1.54) is 10.4 Å². The van der Waals surface area contributed by atoms with E-state index in [0.29, 0.717) is 17.5 Å². The molecule has 1 aromatic heterocycles. The lowest BCUT2D eigenvalue weighted by Gasteiger charge is -2.28. The Kier molecular flexibility index (Phi) is 4.67. The molecule has 3 rings (SSSR count). The predicted molar refractivity (Wildman–Crippen MR) is 93.2 cm³/mol. The van der Waals surface area contributed by atoms with Crippen LogP contribution in [0.2, 0.25) is 0 Å². The van der Waals surface area contributed by atoms with E-state index < -0.39 is 25.9 Å². The van der Waals surface area contributed by atoms with E-state index in [9.17, 15) is 16.8 Å². The van der Waals surface area contributed by atoms with Crippen LogP contribution in [0.3, 0.4) is 0 Å². The van der Waals surface area contributed by atoms with Crippen molar-refractivity contribution < 1.29 is 16.8 Å². The summed E-state index contributed by atoms with van der Waals surface area (Å²) in [5, 5.41) is 0. The van der Waals surface area contributed by atoms with Crippen LogP contribution in [0, 0.1) is 5.92 Å². The van der Waals surface area contributed by atoms with Gasteiger partial charge < -0.3 is 0 Å². The molecule has 1 saturated heterocycles. The molecule has 0 N–H and O–H groups in total. The van der Waals surface area contributed by atoms with Gasteiger partial charge in [-0.3, -0.25) is 0 Å². The van der Waals surface area contributed by atoms with Gasteiger partial charge in [-0.05, 0) is 24.5 Å². The SMILES string of the molecule is CC(C)CN([C@H]1CCS(=O)(=O)C1)S(=O)(=O)c1cccc2nsnc12. The molecule has 1 fully saturated rings. The molecule has 0 saturated carbocycles. The summed E-state index contributed by atoms with van der Waals surface area (Å²) in [6.45, 7) is 4.10. The van der Waals surface area contributed by atoms with Crippen molar-refractivity contribution in [1.82, 2.24) is 13.1 Å². The first kappa shape index (κ1) is 17.7. The van der Waals surface area contributed by atoms with Crippen molar-refractivity contribution in [1.29, 1.82) is 0 Å². The van der Waals surface area contributed by atoms with Crippen molar-refractivity contribution in [2.45, 2.75) is 31.2 Å². The zero-order chi connectivity index (χ0) is 17.5. The van der Waals surface area contributed by atoms with Crippen molar-refractivity contribution in [2.75, 3.05) is 18.1 Å². The molecule has 1 aromatic carbocycles. The van der Waals surface area contributed by atoms with Gasteiger partial charge in [0, 0.05) is 12.6 Å². The highest BCUT2D eigenvalue weighted by atomic mass is 32.2. The number of rotatable bonds is 5. The van der Waals surface area contributed by atoms with E-state index >= 15 is 0 Å². The lowest BCUT2D eigenvalue weighted by atomic mass is 10.2. The van der Waals surface area contributed by atoms with Crippen molar-refractivity contribution in [3.8, 4) is 0 Å². The van der Waals surface area contributed by atoms with Crippen molar-refractivity contribution in [2.24, 2.45) is 5.92 Å². The Morgan fingerprint density at radius 1 is 1.33 bits per heavy atom. The highest BCUT2D eigenvalue weighted by Crippen LogP contribution is 2.29. The molecule has 2 aromatic rings. The highest BCUT2D eigenvalue weighted by molar-refractivity contribution is 7.92. The number of nitrogens with zero attached hydrogens (tertiary/aromatic N) is 3. The Labute approximate surface area is 146 Å². The van der Waals surface area contributed by atoms with Crippen LogP contribution < -0.4 is 0 Å². The standard InChI is InChI=1S/C14H19N3O4S3/c1-10(2)8-17(11-6-7-23(18,19)9-11)24(20,21)13-5-3-4-12-14(13)16-22-15-12/h3-5,10-11H,6-9H2,1-2H3/t11-/m0/s1. The largest absolute Gasteiger partial charge is 0.245 e. The van der Waals surface area contributed by atoms with Crippen molar-refractivity contribution in [3.63, 3.8) is 0 Å². The quantitative estimate of drug-likeness (QED) is 0.769. The fourth-order valence-corrected chi connectivity index (χ4v) is 7.32.